The number of rotatable bonds is 6. The van der Waals surface area contributed by atoms with Crippen LogP contribution in [0.4, 0.5) is 5.69 Å². The van der Waals surface area contributed by atoms with Crippen LogP contribution in [0.2, 0.25) is 0 Å². The average Bonchev–Trinajstić information content (AvgIpc) is 2.37. The second-order valence-corrected chi connectivity index (χ2v) is 5.49. The highest BCUT2D eigenvalue weighted by atomic mass is 32.2. The van der Waals surface area contributed by atoms with Gasteiger partial charge >= 0.3 is 0 Å². The Balaban J connectivity index is 2.83. The van der Waals surface area contributed by atoms with Crippen LogP contribution < -0.4 is 16.8 Å². The largest absolute Gasteiger partial charge is 0.369 e. The first-order chi connectivity index (χ1) is 8.86. The minimum absolute atomic E-state index is 0.167. The van der Waals surface area contributed by atoms with Gasteiger partial charge in [-0.15, -0.1) is 11.8 Å². The van der Waals surface area contributed by atoms with E-state index in [1.54, 1.807) is 13.0 Å². The zero-order valence-corrected chi connectivity index (χ0v) is 11.9. The van der Waals surface area contributed by atoms with Crippen molar-refractivity contribution in [3.05, 3.63) is 24.3 Å². The van der Waals surface area contributed by atoms with Crippen LogP contribution in [0.3, 0.4) is 0 Å². The Morgan fingerprint density at radius 2 is 2.00 bits per heavy atom. The molecule has 1 aromatic carbocycles. The molecule has 5 nitrogen and oxygen atoms in total. The second kappa shape index (κ2) is 6.58. The van der Waals surface area contributed by atoms with Crippen LogP contribution >= 0.6 is 11.8 Å². The van der Waals surface area contributed by atoms with Gasteiger partial charge in [0.1, 0.15) is 0 Å². The molecule has 1 atom stereocenters. The van der Waals surface area contributed by atoms with Gasteiger partial charge in [0.2, 0.25) is 11.8 Å². The molecule has 0 radical (unpaired) electrons. The minimum atomic E-state index is -0.915. The first-order valence-corrected chi connectivity index (χ1v) is 6.96. The molecule has 6 heteroatoms. The molecule has 19 heavy (non-hydrogen) atoms. The van der Waals surface area contributed by atoms with Crippen LogP contribution in [0.15, 0.2) is 29.2 Å². The molecule has 0 heterocycles. The van der Waals surface area contributed by atoms with E-state index in [2.05, 4.69) is 5.32 Å². The number of hydrogen-bond acceptors (Lipinski definition) is 4. The molecule has 1 rings (SSSR count). The number of hydrogen-bond donors (Lipinski definition) is 3. The van der Waals surface area contributed by atoms with Crippen molar-refractivity contribution >= 4 is 29.3 Å². The molecule has 2 amide bonds. The van der Waals surface area contributed by atoms with Gasteiger partial charge in [-0.3, -0.25) is 9.59 Å². The number of carbonyl (C=O) groups excluding carboxylic acids is 2. The number of carbonyl (C=O) groups is 2. The lowest BCUT2D eigenvalue weighted by molar-refractivity contribution is -0.120. The summed E-state index contributed by atoms with van der Waals surface area (Å²) in [7, 11) is 0. The van der Waals surface area contributed by atoms with Gasteiger partial charge in [0.25, 0.3) is 0 Å². The first kappa shape index (κ1) is 15.5. The van der Waals surface area contributed by atoms with E-state index >= 15 is 0 Å². The summed E-state index contributed by atoms with van der Waals surface area (Å²) in [5.74, 6) is -0.480. The molecule has 0 saturated carbocycles. The number of nitrogens with one attached hydrogen (secondary N) is 1. The number of benzene rings is 1. The number of nitrogens with two attached hydrogens (primary N) is 2. The summed E-state index contributed by atoms with van der Waals surface area (Å²) in [6, 6.07) is 7.24. The highest BCUT2D eigenvalue weighted by Gasteiger charge is 2.26. The maximum atomic E-state index is 12.0. The molecule has 1 unspecified atom stereocenters. The lowest BCUT2D eigenvalue weighted by Crippen LogP contribution is -2.47. The fourth-order valence-corrected chi connectivity index (χ4v) is 2.02. The summed E-state index contributed by atoms with van der Waals surface area (Å²) < 4.78 is 0. The number of primary amides is 1. The van der Waals surface area contributed by atoms with Crippen LogP contribution in [0, 0.1) is 0 Å². The van der Waals surface area contributed by atoms with Crippen molar-refractivity contribution in [2.45, 2.75) is 30.7 Å². The summed E-state index contributed by atoms with van der Waals surface area (Å²) in [4.78, 5) is 23.6. The number of anilines is 1. The van der Waals surface area contributed by atoms with Crippen molar-refractivity contribution in [2.24, 2.45) is 11.5 Å². The Morgan fingerprint density at radius 3 is 2.58 bits per heavy atom. The molecule has 0 aliphatic carbocycles. The molecular weight excluding hydrogens is 262 g/mol. The Labute approximate surface area is 117 Å². The Morgan fingerprint density at radius 1 is 1.37 bits per heavy atom. The molecule has 0 spiro atoms. The molecule has 0 saturated heterocycles. The van der Waals surface area contributed by atoms with E-state index in [1.165, 1.54) is 11.8 Å². The van der Waals surface area contributed by atoms with Gasteiger partial charge in [0.15, 0.2) is 0 Å². The van der Waals surface area contributed by atoms with E-state index in [4.69, 9.17) is 11.5 Å². The highest BCUT2D eigenvalue weighted by Crippen LogP contribution is 2.27. The van der Waals surface area contributed by atoms with Crippen LogP contribution in [0.5, 0.6) is 0 Å². The number of para-hydroxylation sites is 1. The van der Waals surface area contributed by atoms with Gasteiger partial charge in [-0.2, -0.15) is 0 Å². The molecular formula is C13H19N3O2S. The molecule has 1 aromatic rings. The standard InChI is InChI=1S/C13H19N3O2S/c1-3-13(2,15)12(18)16-9-6-4-5-7-10(9)19-8-11(14)17/h4-7H,3,8,15H2,1-2H3,(H2,14,17)(H,16,18). The molecule has 0 aromatic heterocycles. The van der Waals surface area contributed by atoms with Gasteiger partial charge in [0.05, 0.1) is 17.0 Å². The maximum Gasteiger partial charge on any atom is 0.244 e. The lowest BCUT2D eigenvalue weighted by atomic mass is 9.99. The van der Waals surface area contributed by atoms with Crippen LogP contribution in [0.25, 0.3) is 0 Å². The molecule has 104 valence electrons. The van der Waals surface area contributed by atoms with Gasteiger partial charge in [-0.05, 0) is 25.5 Å². The smallest absolute Gasteiger partial charge is 0.244 e. The Bertz CT molecular complexity index is 475. The third-order valence-electron chi connectivity index (χ3n) is 2.76. The zero-order chi connectivity index (χ0) is 14.5. The predicted octanol–water partition coefficient (Wildman–Crippen LogP) is 1.33. The summed E-state index contributed by atoms with van der Waals surface area (Å²) in [6.07, 6.45) is 0.537. The van der Waals surface area contributed by atoms with E-state index < -0.39 is 11.4 Å². The minimum Gasteiger partial charge on any atom is -0.369 e. The van der Waals surface area contributed by atoms with Crippen molar-refractivity contribution in [2.75, 3.05) is 11.1 Å². The van der Waals surface area contributed by atoms with E-state index in [0.717, 1.165) is 4.90 Å². The fraction of sp³-hybridized carbons (Fsp3) is 0.385. The number of amides is 2. The third kappa shape index (κ3) is 4.57. The quantitative estimate of drug-likeness (QED) is 0.685. The van der Waals surface area contributed by atoms with E-state index in [1.807, 2.05) is 25.1 Å². The van der Waals surface area contributed by atoms with Gasteiger partial charge in [-0.25, -0.2) is 0 Å². The lowest BCUT2D eigenvalue weighted by Gasteiger charge is -2.22. The third-order valence-corrected chi connectivity index (χ3v) is 3.85. The van der Waals surface area contributed by atoms with Crippen molar-refractivity contribution in [1.82, 2.24) is 0 Å². The highest BCUT2D eigenvalue weighted by molar-refractivity contribution is 8.00. The van der Waals surface area contributed by atoms with Gasteiger partial charge < -0.3 is 16.8 Å². The van der Waals surface area contributed by atoms with Gasteiger partial charge in [0, 0.05) is 4.90 Å². The van der Waals surface area contributed by atoms with Crippen LogP contribution in [-0.2, 0) is 9.59 Å². The van der Waals surface area contributed by atoms with Crippen molar-refractivity contribution in [1.29, 1.82) is 0 Å². The monoisotopic (exact) mass is 281 g/mol. The summed E-state index contributed by atoms with van der Waals surface area (Å²) >= 11 is 1.29. The number of thioether (sulfide) groups is 1. The fourth-order valence-electron chi connectivity index (χ4n) is 1.27. The molecule has 0 aliphatic rings. The summed E-state index contributed by atoms with van der Waals surface area (Å²) in [5, 5.41) is 2.79. The SMILES string of the molecule is CCC(C)(N)C(=O)Nc1ccccc1SCC(N)=O. The predicted molar refractivity (Wildman–Crippen MR) is 77.9 cm³/mol. The van der Waals surface area contributed by atoms with E-state index in [9.17, 15) is 9.59 Å². The zero-order valence-electron chi connectivity index (χ0n) is 11.1. The van der Waals surface area contributed by atoms with E-state index in [-0.39, 0.29) is 11.7 Å². The Kier molecular flexibility index (Phi) is 5.38. The summed E-state index contributed by atoms with van der Waals surface area (Å²) in [6.45, 7) is 3.54. The molecule has 0 fully saturated rings. The van der Waals surface area contributed by atoms with Crippen LogP contribution in [-0.4, -0.2) is 23.1 Å². The molecule has 0 aliphatic heterocycles. The van der Waals surface area contributed by atoms with Crippen molar-refractivity contribution in [3.8, 4) is 0 Å². The van der Waals surface area contributed by atoms with E-state index in [0.29, 0.717) is 12.1 Å². The van der Waals surface area contributed by atoms with Crippen LogP contribution in [0.1, 0.15) is 20.3 Å². The second-order valence-electron chi connectivity index (χ2n) is 4.48. The molecule has 0 bridgehead atoms. The molecule has 5 N–H and O–H groups in total. The topological polar surface area (TPSA) is 98.2 Å². The average molecular weight is 281 g/mol. The normalized spacial score (nSPS) is 13.6. The Hall–Kier alpha value is -1.53. The van der Waals surface area contributed by atoms with Gasteiger partial charge in [-0.1, -0.05) is 19.1 Å². The first-order valence-electron chi connectivity index (χ1n) is 5.97. The maximum absolute atomic E-state index is 12.0. The van der Waals surface area contributed by atoms with Crippen molar-refractivity contribution < 1.29 is 9.59 Å². The summed E-state index contributed by atoms with van der Waals surface area (Å²) in [5.41, 5.74) is 10.7. The van der Waals surface area contributed by atoms with Crippen molar-refractivity contribution in [3.63, 3.8) is 0 Å².